The van der Waals surface area contributed by atoms with Crippen molar-refractivity contribution in [2.24, 2.45) is 5.18 Å². The number of nitroso groups, excluding NO2 is 1. The molecular formula is C14H30N2O7. The quantitative estimate of drug-likeness (QED) is 0.355. The van der Waals surface area contributed by atoms with Crippen molar-refractivity contribution >= 4 is 0 Å². The summed E-state index contributed by atoms with van der Waals surface area (Å²) in [6, 6.07) is -1.22. The summed E-state index contributed by atoms with van der Waals surface area (Å²) in [5.41, 5.74) is 0. The van der Waals surface area contributed by atoms with Crippen LogP contribution in [0.2, 0.25) is 0 Å². The molecule has 0 unspecified atom stereocenters. The summed E-state index contributed by atoms with van der Waals surface area (Å²) in [7, 11) is 3.06. The Morgan fingerprint density at radius 3 is 2.39 bits per heavy atom. The van der Waals surface area contributed by atoms with Gasteiger partial charge < -0.3 is 29.5 Å². The monoisotopic (exact) mass is 338 g/mol. The molecule has 9 heteroatoms. The molecule has 0 aromatic heterocycles. The van der Waals surface area contributed by atoms with Crippen molar-refractivity contribution in [3.63, 3.8) is 0 Å². The second kappa shape index (κ2) is 13.7. The smallest absolute Gasteiger partial charge is 0.133 e. The summed E-state index contributed by atoms with van der Waals surface area (Å²) in [5, 5.41) is 30.9. The van der Waals surface area contributed by atoms with Gasteiger partial charge in [0, 0.05) is 33.9 Å². The second-order valence-electron chi connectivity index (χ2n) is 5.02. The zero-order valence-electron chi connectivity index (χ0n) is 14.1. The van der Waals surface area contributed by atoms with E-state index < -0.39 is 24.3 Å². The SMILES string of the molecule is CCOCCOC.CO[C@H]1[C@H](O)[C@@H](CO)N(CCO)C[C@@H]1N=O. The summed E-state index contributed by atoms with van der Waals surface area (Å²) in [6.07, 6.45) is -1.69. The van der Waals surface area contributed by atoms with Gasteiger partial charge in [-0.25, -0.2) is 0 Å². The first kappa shape index (κ1) is 22.3. The minimum Gasteiger partial charge on any atom is -0.395 e. The molecule has 0 amide bonds. The van der Waals surface area contributed by atoms with E-state index in [0.29, 0.717) is 13.2 Å². The molecule has 1 saturated heterocycles. The van der Waals surface area contributed by atoms with Crippen LogP contribution in [0, 0.1) is 4.91 Å². The molecule has 1 fully saturated rings. The first-order valence-corrected chi connectivity index (χ1v) is 7.66. The van der Waals surface area contributed by atoms with Gasteiger partial charge in [-0.3, -0.25) is 4.90 Å². The molecule has 0 spiro atoms. The topological polar surface area (TPSA) is 121 Å². The lowest BCUT2D eigenvalue weighted by atomic mass is 9.93. The van der Waals surface area contributed by atoms with Gasteiger partial charge >= 0.3 is 0 Å². The summed E-state index contributed by atoms with van der Waals surface area (Å²) >= 11 is 0. The highest BCUT2D eigenvalue weighted by Crippen LogP contribution is 2.22. The van der Waals surface area contributed by atoms with Crippen LogP contribution < -0.4 is 0 Å². The molecule has 9 nitrogen and oxygen atoms in total. The van der Waals surface area contributed by atoms with Crippen molar-refractivity contribution in [2.45, 2.75) is 31.2 Å². The van der Waals surface area contributed by atoms with Gasteiger partial charge in [-0.15, -0.1) is 0 Å². The fourth-order valence-corrected chi connectivity index (χ4v) is 2.43. The summed E-state index contributed by atoms with van der Waals surface area (Å²) in [6.45, 7) is 4.36. The highest BCUT2D eigenvalue weighted by Gasteiger charge is 2.43. The molecule has 3 N–H and O–H groups in total. The Kier molecular flexibility index (Phi) is 13.3. The molecule has 0 saturated carbocycles. The average Bonchev–Trinajstić information content (AvgIpc) is 2.56. The van der Waals surface area contributed by atoms with Crippen LogP contribution in [0.4, 0.5) is 0 Å². The van der Waals surface area contributed by atoms with E-state index in [2.05, 4.69) is 5.18 Å². The number of piperidine rings is 1. The van der Waals surface area contributed by atoms with Crippen molar-refractivity contribution in [1.29, 1.82) is 0 Å². The number of nitrogens with zero attached hydrogens (tertiary/aromatic N) is 2. The standard InChI is InChI=1S/C9H18N2O5.C5H12O2/c1-16-9-6(10-15)4-11(2-3-12)7(5-13)8(9)14;1-3-7-5-4-6-2/h6-9,12-14H,2-5H2,1H3;3-5H2,1-2H3/t6-,7+,8+,9+;/m0./s1. The number of aliphatic hydroxyl groups excluding tert-OH is 3. The Balaban J connectivity index is 0.000000585. The van der Waals surface area contributed by atoms with Crippen LogP contribution in [0.25, 0.3) is 0 Å². The lowest BCUT2D eigenvalue weighted by molar-refractivity contribution is -0.114. The fourth-order valence-electron chi connectivity index (χ4n) is 2.43. The average molecular weight is 338 g/mol. The highest BCUT2D eigenvalue weighted by molar-refractivity contribution is 4.98. The molecule has 1 aliphatic rings. The summed E-state index contributed by atoms with van der Waals surface area (Å²) in [4.78, 5) is 12.3. The Morgan fingerprint density at radius 1 is 1.26 bits per heavy atom. The Bertz CT molecular complexity index is 290. The van der Waals surface area contributed by atoms with Crippen LogP contribution in [-0.2, 0) is 14.2 Å². The van der Waals surface area contributed by atoms with Gasteiger partial charge in [0.05, 0.1) is 32.5 Å². The van der Waals surface area contributed by atoms with E-state index in [1.165, 1.54) is 7.11 Å². The van der Waals surface area contributed by atoms with Gasteiger partial charge in [0.25, 0.3) is 0 Å². The zero-order valence-corrected chi connectivity index (χ0v) is 14.1. The van der Waals surface area contributed by atoms with Crippen molar-refractivity contribution < 1.29 is 29.5 Å². The van der Waals surface area contributed by atoms with E-state index in [-0.39, 0.29) is 26.3 Å². The van der Waals surface area contributed by atoms with E-state index in [9.17, 15) is 15.1 Å². The lowest BCUT2D eigenvalue weighted by Crippen LogP contribution is -2.62. The van der Waals surface area contributed by atoms with Gasteiger partial charge in [-0.05, 0) is 6.92 Å². The van der Waals surface area contributed by atoms with Crippen molar-refractivity contribution in [3.8, 4) is 0 Å². The van der Waals surface area contributed by atoms with Crippen LogP contribution in [0.3, 0.4) is 0 Å². The predicted molar refractivity (Wildman–Crippen MR) is 84.3 cm³/mol. The number of β-amino-alcohol motifs (C(OH)–C–C–N with tert-alkyl or cyclic N) is 1. The number of methoxy groups -OCH3 is 2. The van der Waals surface area contributed by atoms with Gasteiger partial charge in [-0.2, -0.15) is 4.91 Å². The van der Waals surface area contributed by atoms with E-state index in [4.69, 9.17) is 19.3 Å². The fraction of sp³-hybridized carbons (Fsp3) is 1.00. The number of hydrogen-bond donors (Lipinski definition) is 3. The van der Waals surface area contributed by atoms with Crippen molar-refractivity contribution in [1.82, 2.24) is 4.90 Å². The Labute approximate surface area is 137 Å². The number of hydrogen-bond acceptors (Lipinski definition) is 9. The van der Waals surface area contributed by atoms with E-state index in [1.807, 2.05) is 6.92 Å². The van der Waals surface area contributed by atoms with Crippen LogP contribution >= 0.6 is 0 Å². The minimum atomic E-state index is -0.988. The molecule has 0 aromatic rings. The summed E-state index contributed by atoms with van der Waals surface area (Å²) < 4.78 is 14.7. The van der Waals surface area contributed by atoms with Crippen LogP contribution in [0.15, 0.2) is 5.18 Å². The third kappa shape index (κ3) is 7.62. The maximum absolute atomic E-state index is 10.6. The predicted octanol–water partition coefficient (Wildman–Crippen LogP) is -1.16. The first-order chi connectivity index (χ1) is 11.1. The minimum absolute atomic E-state index is 0.105. The molecule has 138 valence electrons. The third-order valence-electron chi connectivity index (χ3n) is 3.62. The van der Waals surface area contributed by atoms with Crippen LogP contribution in [0.1, 0.15) is 6.92 Å². The number of likely N-dealkylation sites (tertiary alicyclic amines) is 1. The molecule has 0 bridgehead atoms. The van der Waals surface area contributed by atoms with Crippen LogP contribution in [0.5, 0.6) is 0 Å². The van der Waals surface area contributed by atoms with Gasteiger partial charge in [0.15, 0.2) is 0 Å². The molecule has 0 aliphatic carbocycles. The largest absolute Gasteiger partial charge is 0.395 e. The maximum atomic E-state index is 10.6. The van der Waals surface area contributed by atoms with Gasteiger partial charge in [-0.1, -0.05) is 5.18 Å². The molecule has 1 heterocycles. The Hall–Kier alpha value is -0.680. The number of ether oxygens (including phenoxy) is 3. The second-order valence-corrected chi connectivity index (χ2v) is 5.02. The maximum Gasteiger partial charge on any atom is 0.133 e. The Morgan fingerprint density at radius 2 is 1.96 bits per heavy atom. The van der Waals surface area contributed by atoms with E-state index >= 15 is 0 Å². The highest BCUT2D eigenvalue weighted by atomic mass is 16.5. The lowest BCUT2D eigenvalue weighted by Gasteiger charge is -2.43. The van der Waals surface area contributed by atoms with Gasteiger partial charge in [0.2, 0.25) is 0 Å². The normalized spacial score (nSPS) is 28.1. The molecule has 0 radical (unpaired) electrons. The van der Waals surface area contributed by atoms with Crippen LogP contribution in [-0.4, -0.2) is 105 Å². The molecule has 4 atom stereocenters. The molecule has 23 heavy (non-hydrogen) atoms. The zero-order chi connectivity index (χ0) is 17.7. The molecule has 1 aliphatic heterocycles. The number of rotatable bonds is 9. The van der Waals surface area contributed by atoms with Crippen molar-refractivity contribution in [3.05, 3.63) is 4.91 Å². The number of aliphatic hydroxyl groups is 3. The first-order valence-electron chi connectivity index (χ1n) is 7.66. The molecular weight excluding hydrogens is 308 g/mol. The summed E-state index contributed by atoms with van der Waals surface area (Å²) in [5.74, 6) is 0. The third-order valence-corrected chi connectivity index (χ3v) is 3.62. The van der Waals surface area contributed by atoms with E-state index in [0.717, 1.165) is 6.61 Å². The van der Waals surface area contributed by atoms with Gasteiger partial charge in [0.1, 0.15) is 18.2 Å². The van der Waals surface area contributed by atoms with Crippen molar-refractivity contribution in [2.75, 3.05) is 60.3 Å². The molecule has 1 rings (SSSR count). The molecule has 0 aromatic carbocycles. The van der Waals surface area contributed by atoms with E-state index in [1.54, 1.807) is 12.0 Å².